The van der Waals surface area contributed by atoms with E-state index in [1.165, 1.54) is 0 Å². The van der Waals surface area contributed by atoms with Gasteiger partial charge >= 0.3 is 6.18 Å². The smallest absolute Gasteiger partial charge is 0.374 e. The second-order valence-corrected chi connectivity index (χ2v) is 1.76. The highest BCUT2D eigenvalue weighted by Crippen LogP contribution is 2.26. The summed E-state index contributed by atoms with van der Waals surface area (Å²) in [5, 5.41) is 7.83. The van der Waals surface area contributed by atoms with E-state index in [9.17, 15) is 17.6 Å². The number of alkyl halides is 5. The Bertz CT molecular complexity index is 90.3. The van der Waals surface area contributed by atoms with Gasteiger partial charge in [0.2, 0.25) is 6.17 Å². The fourth-order valence-corrected chi connectivity index (χ4v) is 0.299. The van der Waals surface area contributed by atoms with Crippen molar-refractivity contribution in [2.45, 2.75) is 17.9 Å². The van der Waals surface area contributed by atoms with Crippen LogP contribution < -0.4 is 0 Å². The number of hydrogen-bond donors (Lipinski definition) is 1. The van der Waals surface area contributed by atoms with Crippen molar-refractivity contribution in [2.24, 2.45) is 0 Å². The summed E-state index contributed by atoms with van der Waals surface area (Å²) < 4.78 is 44.8. The zero-order valence-corrected chi connectivity index (χ0v) is 4.75. The standard InChI is InChI=1S/C3H3ClF4O/c4-2(9)1(5)3(6,7)8/h1-2,9H. The Hall–Kier alpha value is -0.0300. The molecule has 0 aliphatic heterocycles. The first kappa shape index (κ1) is 8.97. The lowest BCUT2D eigenvalue weighted by Crippen LogP contribution is -2.32. The van der Waals surface area contributed by atoms with Crippen molar-refractivity contribution in [1.29, 1.82) is 0 Å². The second kappa shape index (κ2) is 2.70. The number of halogens is 5. The van der Waals surface area contributed by atoms with E-state index < -0.39 is 17.9 Å². The average molecular weight is 167 g/mol. The van der Waals surface area contributed by atoms with Gasteiger partial charge in [0.25, 0.3) is 0 Å². The Labute approximate surface area is 53.2 Å². The first-order valence-electron chi connectivity index (χ1n) is 1.88. The van der Waals surface area contributed by atoms with Gasteiger partial charge in [0.1, 0.15) is 0 Å². The third-order valence-electron chi connectivity index (χ3n) is 0.554. The molecule has 1 nitrogen and oxygen atoms in total. The maximum atomic E-state index is 11.5. The molecule has 0 aliphatic rings. The highest BCUT2D eigenvalue weighted by atomic mass is 35.5. The van der Waals surface area contributed by atoms with Gasteiger partial charge in [0.05, 0.1) is 0 Å². The van der Waals surface area contributed by atoms with Gasteiger partial charge in [0, 0.05) is 0 Å². The molecule has 0 radical (unpaired) electrons. The first-order valence-corrected chi connectivity index (χ1v) is 2.32. The lowest BCUT2D eigenvalue weighted by molar-refractivity contribution is -0.194. The number of aliphatic hydroxyl groups is 1. The van der Waals surface area contributed by atoms with Gasteiger partial charge in [-0.3, -0.25) is 0 Å². The molecule has 0 amide bonds. The molecular weight excluding hydrogens is 163 g/mol. The molecule has 0 aromatic heterocycles. The largest absolute Gasteiger partial charge is 0.423 e. The van der Waals surface area contributed by atoms with Crippen molar-refractivity contribution in [2.75, 3.05) is 0 Å². The van der Waals surface area contributed by atoms with Crippen LogP contribution in [0.15, 0.2) is 0 Å². The van der Waals surface area contributed by atoms with E-state index in [-0.39, 0.29) is 0 Å². The first-order chi connectivity index (χ1) is 3.85. The van der Waals surface area contributed by atoms with E-state index in [1.807, 2.05) is 0 Å². The van der Waals surface area contributed by atoms with Crippen molar-refractivity contribution in [3.8, 4) is 0 Å². The molecule has 0 aromatic rings. The molecule has 0 heterocycles. The van der Waals surface area contributed by atoms with E-state index in [1.54, 1.807) is 0 Å². The Morgan fingerprint density at radius 3 is 1.67 bits per heavy atom. The molecule has 0 saturated carbocycles. The lowest BCUT2D eigenvalue weighted by atomic mass is 10.4. The zero-order valence-electron chi connectivity index (χ0n) is 3.99. The molecule has 0 fully saturated rings. The van der Waals surface area contributed by atoms with Gasteiger partial charge in [-0.05, 0) is 0 Å². The minimum absolute atomic E-state index is 2.51. The highest BCUT2D eigenvalue weighted by Gasteiger charge is 2.44. The Balaban J connectivity index is 3.88. The third-order valence-corrected chi connectivity index (χ3v) is 0.775. The topological polar surface area (TPSA) is 20.2 Å². The average Bonchev–Trinajstić information content (AvgIpc) is 1.62. The normalized spacial score (nSPS) is 19.3. The van der Waals surface area contributed by atoms with Gasteiger partial charge in [-0.1, -0.05) is 11.6 Å². The lowest BCUT2D eigenvalue weighted by Gasteiger charge is -2.12. The van der Waals surface area contributed by atoms with E-state index in [0.29, 0.717) is 0 Å². The summed E-state index contributed by atoms with van der Waals surface area (Å²) in [6, 6.07) is 0. The summed E-state index contributed by atoms with van der Waals surface area (Å²) in [5.41, 5.74) is -2.51. The van der Waals surface area contributed by atoms with E-state index in [4.69, 9.17) is 5.11 Å². The molecule has 2 unspecified atom stereocenters. The van der Waals surface area contributed by atoms with Crippen LogP contribution in [0.2, 0.25) is 0 Å². The van der Waals surface area contributed by atoms with Gasteiger partial charge in [0.15, 0.2) is 5.56 Å². The van der Waals surface area contributed by atoms with E-state index in [2.05, 4.69) is 11.6 Å². The molecule has 6 heteroatoms. The number of hydrogen-bond acceptors (Lipinski definition) is 1. The van der Waals surface area contributed by atoms with Gasteiger partial charge in [-0.25, -0.2) is 4.39 Å². The summed E-state index contributed by atoms with van der Waals surface area (Å²) in [6.07, 6.45) is -8.43. The van der Waals surface area contributed by atoms with Crippen LogP contribution in [-0.4, -0.2) is 23.0 Å². The maximum absolute atomic E-state index is 11.5. The number of aliphatic hydroxyl groups excluding tert-OH is 1. The summed E-state index contributed by atoms with van der Waals surface area (Å²) in [6.45, 7) is 0. The SMILES string of the molecule is OC(Cl)C(F)C(F)(F)F. The van der Waals surface area contributed by atoms with Crippen LogP contribution in [0.5, 0.6) is 0 Å². The van der Waals surface area contributed by atoms with Crippen LogP contribution >= 0.6 is 11.6 Å². The van der Waals surface area contributed by atoms with Gasteiger partial charge < -0.3 is 5.11 Å². The van der Waals surface area contributed by atoms with Crippen molar-refractivity contribution in [3.05, 3.63) is 0 Å². The molecule has 0 aliphatic carbocycles. The summed E-state index contributed by atoms with van der Waals surface area (Å²) >= 11 is 4.37. The van der Waals surface area contributed by atoms with Crippen molar-refractivity contribution >= 4 is 11.6 Å². The van der Waals surface area contributed by atoms with Crippen LogP contribution in [0.25, 0.3) is 0 Å². The predicted octanol–water partition coefficient (Wildman–Crippen LogP) is 1.44. The van der Waals surface area contributed by atoms with Gasteiger partial charge in [-0.2, -0.15) is 13.2 Å². The van der Waals surface area contributed by atoms with Gasteiger partial charge in [-0.15, -0.1) is 0 Å². The molecule has 56 valence electrons. The highest BCUT2D eigenvalue weighted by molar-refractivity contribution is 6.19. The maximum Gasteiger partial charge on any atom is 0.423 e. The minimum atomic E-state index is -5.07. The molecule has 0 rings (SSSR count). The molecule has 2 atom stereocenters. The van der Waals surface area contributed by atoms with Crippen molar-refractivity contribution < 1.29 is 22.7 Å². The fourth-order valence-electron chi connectivity index (χ4n) is 0.156. The summed E-state index contributed by atoms with van der Waals surface area (Å²) in [5.74, 6) is 0. The Morgan fingerprint density at radius 2 is 1.67 bits per heavy atom. The fraction of sp³-hybridized carbons (Fsp3) is 1.00. The molecule has 1 N–H and O–H groups in total. The molecule has 0 bridgehead atoms. The summed E-state index contributed by atoms with van der Waals surface area (Å²) in [7, 11) is 0. The van der Waals surface area contributed by atoms with Crippen LogP contribution in [-0.2, 0) is 0 Å². The predicted molar refractivity (Wildman–Crippen MR) is 22.8 cm³/mol. The Morgan fingerprint density at radius 1 is 1.33 bits per heavy atom. The van der Waals surface area contributed by atoms with E-state index in [0.717, 1.165) is 0 Å². The Kier molecular flexibility index (Phi) is 2.69. The quantitative estimate of drug-likeness (QED) is 0.462. The second-order valence-electron chi connectivity index (χ2n) is 1.32. The third kappa shape index (κ3) is 2.86. The van der Waals surface area contributed by atoms with Crippen molar-refractivity contribution in [1.82, 2.24) is 0 Å². The monoisotopic (exact) mass is 166 g/mol. The van der Waals surface area contributed by atoms with Crippen molar-refractivity contribution in [3.63, 3.8) is 0 Å². The molecule has 9 heavy (non-hydrogen) atoms. The minimum Gasteiger partial charge on any atom is -0.374 e. The van der Waals surface area contributed by atoms with E-state index >= 15 is 0 Å². The van der Waals surface area contributed by atoms with Crippen LogP contribution in [0.1, 0.15) is 0 Å². The van der Waals surface area contributed by atoms with Crippen LogP contribution in [0, 0.1) is 0 Å². The zero-order chi connectivity index (χ0) is 7.65. The molecule has 0 saturated heterocycles. The summed E-state index contributed by atoms with van der Waals surface area (Å²) in [4.78, 5) is 0. The number of rotatable bonds is 1. The molecular formula is C3H3ClF4O. The van der Waals surface area contributed by atoms with Crippen LogP contribution in [0.4, 0.5) is 17.6 Å². The molecule has 0 aromatic carbocycles. The molecule has 0 spiro atoms. The van der Waals surface area contributed by atoms with Crippen LogP contribution in [0.3, 0.4) is 0 Å².